The molecule has 0 bridgehead atoms. The summed E-state index contributed by atoms with van der Waals surface area (Å²) < 4.78 is 7.29. The third-order valence-corrected chi connectivity index (χ3v) is 4.74. The smallest absolute Gasteiger partial charge is 0.225 e. The molecular weight excluding hydrogens is 390 g/mol. The summed E-state index contributed by atoms with van der Waals surface area (Å²) in [6.45, 7) is 12.1. The third kappa shape index (κ3) is 4.56. The van der Waals surface area contributed by atoms with Gasteiger partial charge in [-0.1, -0.05) is 22.9 Å². The standard InChI is InChI=1S/C21H26BrN3O/c1-6-10-25(7-2)19-13-16(5)24-21(18(19)8-9-23)26-20-14(3)11-17(22)12-15(20)4/h11-13H,6-8,10H2,1-5H3. The van der Waals surface area contributed by atoms with E-state index >= 15 is 0 Å². The molecule has 0 amide bonds. The molecule has 4 nitrogen and oxygen atoms in total. The van der Waals surface area contributed by atoms with E-state index < -0.39 is 0 Å². The molecule has 0 aliphatic heterocycles. The molecule has 2 rings (SSSR count). The molecule has 0 saturated carbocycles. The van der Waals surface area contributed by atoms with Gasteiger partial charge in [-0.3, -0.25) is 0 Å². The minimum absolute atomic E-state index is 0.271. The van der Waals surface area contributed by atoms with Gasteiger partial charge >= 0.3 is 0 Å². The van der Waals surface area contributed by atoms with Crippen molar-refractivity contribution < 1.29 is 4.74 Å². The van der Waals surface area contributed by atoms with Gasteiger partial charge in [-0.25, -0.2) is 4.98 Å². The second-order valence-corrected chi connectivity index (χ2v) is 7.37. The Labute approximate surface area is 164 Å². The summed E-state index contributed by atoms with van der Waals surface area (Å²) in [6.07, 6.45) is 1.31. The summed E-state index contributed by atoms with van der Waals surface area (Å²) >= 11 is 3.52. The number of ether oxygens (including phenoxy) is 1. The van der Waals surface area contributed by atoms with E-state index in [-0.39, 0.29) is 6.42 Å². The fraction of sp³-hybridized carbons (Fsp3) is 0.429. The first-order chi connectivity index (χ1) is 12.4. The van der Waals surface area contributed by atoms with Gasteiger partial charge in [0.05, 0.1) is 18.1 Å². The van der Waals surface area contributed by atoms with Gasteiger partial charge in [0.1, 0.15) is 5.75 Å². The topological polar surface area (TPSA) is 49.2 Å². The highest BCUT2D eigenvalue weighted by atomic mass is 79.9. The molecule has 0 saturated heterocycles. The normalized spacial score (nSPS) is 10.5. The lowest BCUT2D eigenvalue weighted by Crippen LogP contribution is -2.25. The van der Waals surface area contributed by atoms with Crippen LogP contribution in [0.25, 0.3) is 0 Å². The minimum Gasteiger partial charge on any atom is -0.438 e. The highest BCUT2D eigenvalue weighted by molar-refractivity contribution is 9.10. The molecule has 1 heterocycles. The van der Waals surface area contributed by atoms with Crippen molar-refractivity contribution in [3.05, 3.63) is 45.1 Å². The van der Waals surface area contributed by atoms with Crippen molar-refractivity contribution in [2.45, 2.75) is 47.5 Å². The monoisotopic (exact) mass is 415 g/mol. The van der Waals surface area contributed by atoms with Gasteiger partial charge in [-0.05, 0) is 63.4 Å². The van der Waals surface area contributed by atoms with Crippen LogP contribution in [0.2, 0.25) is 0 Å². The molecule has 0 atom stereocenters. The van der Waals surface area contributed by atoms with Crippen LogP contribution in [-0.2, 0) is 6.42 Å². The van der Waals surface area contributed by atoms with E-state index in [1.807, 2.05) is 32.9 Å². The van der Waals surface area contributed by atoms with Crippen molar-refractivity contribution >= 4 is 21.6 Å². The third-order valence-electron chi connectivity index (χ3n) is 4.29. The Hall–Kier alpha value is -2.06. The number of benzene rings is 1. The fourth-order valence-electron chi connectivity index (χ4n) is 3.14. The molecule has 0 spiro atoms. The molecule has 1 aromatic carbocycles. The lowest BCUT2D eigenvalue weighted by Gasteiger charge is -2.26. The SMILES string of the molecule is CCCN(CC)c1cc(C)nc(Oc2c(C)cc(Br)cc2C)c1CC#N. The molecule has 2 aromatic rings. The first-order valence-corrected chi connectivity index (χ1v) is 9.77. The minimum atomic E-state index is 0.271. The van der Waals surface area contributed by atoms with E-state index in [1.54, 1.807) is 0 Å². The van der Waals surface area contributed by atoms with Crippen LogP contribution in [0.15, 0.2) is 22.7 Å². The average Bonchev–Trinajstić information content (AvgIpc) is 2.58. The largest absolute Gasteiger partial charge is 0.438 e. The number of nitrogens with zero attached hydrogens (tertiary/aromatic N) is 3. The van der Waals surface area contributed by atoms with E-state index in [2.05, 4.69) is 51.8 Å². The van der Waals surface area contributed by atoms with Crippen LogP contribution in [0.3, 0.4) is 0 Å². The average molecular weight is 416 g/mol. The van der Waals surface area contributed by atoms with Gasteiger partial charge in [0.15, 0.2) is 0 Å². The van der Waals surface area contributed by atoms with Gasteiger partial charge < -0.3 is 9.64 Å². The van der Waals surface area contributed by atoms with Crippen LogP contribution in [0.4, 0.5) is 5.69 Å². The zero-order valence-electron chi connectivity index (χ0n) is 16.2. The van der Waals surface area contributed by atoms with Crippen molar-refractivity contribution in [3.8, 4) is 17.7 Å². The highest BCUT2D eigenvalue weighted by Crippen LogP contribution is 2.36. The predicted octanol–water partition coefficient (Wildman–Crippen LogP) is 5.86. The molecule has 138 valence electrons. The van der Waals surface area contributed by atoms with Crippen molar-refractivity contribution in [3.63, 3.8) is 0 Å². The Morgan fingerprint density at radius 3 is 2.35 bits per heavy atom. The maximum atomic E-state index is 9.38. The Balaban J connectivity index is 2.58. The number of hydrogen-bond donors (Lipinski definition) is 0. The zero-order chi connectivity index (χ0) is 19.3. The first-order valence-electron chi connectivity index (χ1n) is 8.98. The van der Waals surface area contributed by atoms with E-state index in [0.29, 0.717) is 5.88 Å². The second-order valence-electron chi connectivity index (χ2n) is 6.45. The van der Waals surface area contributed by atoms with E-state index in [0.717, 1.165) is 57.8 Å². The molecule has 0 aliphatic rings. The summed E-state index contributed by atoms with van der Waals surface area (Å²) in [5, 5.41) is 9.38. The van der Waals surface area contributed by atoms with Crippen LogP contribution in [0.5, 0.6) is 11.6 Å². The van der Waals surface area contributed by atoms with Gasteiger partial charge in [0.25, 0.3) is 0 Å². The molecule has 1 aromatic heterocycles. The Bertz CT molecular complexity index is 804. The fourth-order valence-corrected chi connectivity index (χ4v) is 3.83. The van der Waals surface area contributed by atoms with Crippen LogP contribution >= 0.6 is 15.9 Å². The molecule has 0 aliphatic carbocycles. The molecule has 26 heavy (non-hydrogen) atoms. The second kappa shape index (κ2) is 9.05. The number of aryl methyl sites for hydroxylation is 3. The predicted molar refractivity (Wildman–Crippen MR) is 110 cm³/mol. The van der Waals surface area contributed by atoms with Crippen LogP contribution in [0, 0.1) is 32.1 Å². The number of anilines is 1. The maximum absolute atomic E-state index is 9.38. The summed E-state index contributed by atoms with van der Waals surface area (Å²) in [4.78, 5) is 6.90. The Kier molecular flexibility index (Phi) is 7.05. The molecule has 0 radical (unpaired) electrons. The van der Waals surface area contributed by atoms with Crippen molar-refractivity contribution in [2.24, 2.45) is 0 Å². The molecule has 0 unspecified atom stereocenters. The van der Waals surface area contributed by atoms with Gasteiger partial charge in [-0.2, -0.15) is 5.26 Å². The summed E-state index contributed by atoms with van der Waals surface area (Å²) in [5.41, 5.74) is 4.86. The Morgan fingerprint density at radius 2 is 1.81 bits per heavy atom. The number of hydrogen-bond acceptors (Lipinski definition) is 4. The number of pyridine rings is 1. The number of nitriles is 1. The first kappa shape index (κ1) is 20.3. The van der Waals surface area contributed by atoms with Gasteiger partial charge in [0, 0.05) is 28.9 Å². The van der Waals surface area contributed by atoms with Crippen molar-refractivity contribution in [2.75, 3.05) is 18.0 Å². The molecule has 0 fully saturated rings. The lowest BCUT2D eigenvalue weighted by atomic mass is 10.1. The Morgan fingerprint density at radius 1 is 1.15 bits per heavy atom. The summed E-state index contributed by atoms with van der Waals surface area (Å²) in [7, 11) is 0. The van der Waals surface area contributed by atoms with Gasteiger partial charge in [0.2, 0.25) is 5.88 Å². The van der Waals surface area contributed by atoms with Crippen LogP contribution in [-0.4, -0.2) is 18.1 Å². The number of rotatable bonds is 7. The van der Waals surface area contributed by atoms with Crippen LogP contribution < -0.4 is 9.64 Å². The lowest BCUT2D eigenvalue weighted by molar-refractivity contribution is 0.449. The molecular formula is C21H26BrN3O. The number of aromatic nitrogens is 1. The zero-order valence-corrected chi connectivity index (χ0v) is 17.8. The molecule has 5 heteroatoms. The van der Waals surface area contributed by atoms with E-state index in [1.165, 1.54) is 0 Å². The van der Waals surface area contributed by atoms with Crippen molar-refractivity contribution in [1.29, 1.82) is 5.26 Å². The van der Waals surface area contributed by atoms with Crippen LogP contribution in [0.1, 0.15) is 42.7 Å². The quantitative estimate of drug-likeness (QED) is 0.567. The van der Waals surface area contributed by atoms with Crippen molar-refractivity contribution in [1.82, 2.24) is 4.98 Å². The molecule has 0 N–H and O–H groups in total. The highest BCUT2D eigenvalue weighted by Gasteiger charge is 2.19. The summed E-state index contributed by atoms with van der Waals surface area (Å²) in [5.74, 6) is 1.33. The number of halogens is 1. The van der Waals surface area contributed by atoms with E-state index in [9.17, 15) is 5.26 Å². The van der Waals surface area contributed by atoms with Gasteiger partial charge in [-0.15, -0.1) is 0 Å². The maximum Gasteiger partial charge on any atom is 0.225 e. The van der Waals surface area contributed by atoms with E-state index in [4.69, 9.17) is 4.74 Å². The summed E-state index contributed by atoms with van der Waals surface area (Å²) in [6, 6.07) is 8.38.